The monoisotopic (exact) mass is 486 g/mol. The van der Waals surface area contributed by atoms with Gasteiger partial charge in [0.2, 0.25) is 0 Å². The van der Waals surface area contributed by atoms with E-state index in [0.29, 0.717) is 16.9 Å². The predicted octanol–water partition coefficient (Wildman–Crippen LogP) is 7.27. The Morgan fingerprint density at radius 2 is 1.17 bits per heavy atom. The number of para-hydroxylation sites is 1. The van der Waals surface area contributed by atoms with Gasteiger partial charge in [-0.1, -0.05) is 79.9 Å². The highest BCUT2D eigenvalue weighted by atomic mass is 19.2. The van der Waals surface area contributed by atoms with Crippen LogP contribution in [-0.4, -0.2) is 11.9 Å². The van der Waals surface area contributed by atoms with Gasteiger partial charge < -0.3 is 9.47 Å². The van der Waals surface area contributed by atoms with Crippen LogP contribution in [0.2, 0.25) is 0 Å². The third-order valence-electron chi connectivity index (χ3n) is 4.95. The minimum Gasteiger partial charge on any atom is -0.423 e. The molecule has 0 heterocycles. The zero-order valence-corrected chi connectivity index (χ0v) is 19.9. The van der Waals surface area contributed by atoms with Crippen LogP contribution in [0.4, 0.5) is 8.78 Å². The largest absolute Gasteiger partial charge is 0.423 e. The second-order valence-corrected chi connectivity index (χ2v) is 7.99. The van der Waals surface area contributed by atoms with Crippen molar-refractivity contribution in [3.8, 4) is 11.5 Å². The molecule has 6 heteroatoms. The molecule has 0 bridgehead atoms. The highest BCUT2D eigenvalue weighted by molar-refractivity contribution is 5.90. The first-order valence-corrected chi connectivity index (χ1v) is 10.9. The quantitative estimate of drug-likeness (QED) is 0.145. The Balaban J connectivity index is 1.76. The van der Waals surface area contributed by atoms with E-state index in [1.165, 1.54) is 37.3 Å². The lowest BCUT2D eigenvalue weighted by molar-refractivity contribution is -0.130. The first-order valence-electron chi connectivity index (χ1n) is 10.9. The van der Waals surface area contributed by atoms with Gasteiger partial charge in [0.15, 0.2) is 11.6 Å². The Morgan fingerprint density at radius 1 is 0.667 bits per heavy atom. The number of carbonyl (C=O) groups excluding carboxylic acids is 2. The van der Waals surface area contributed by atoms with E-state index in [9.17, 15) is 18.4 Å². The molecule has 3 aromatic carbocycles. The maximum absolute atomic E-state index is 14.7. The Labute approximate surface area is 208 Å². The van der Waals surface area contributed by atoms with Gasteiger partial charge in [-0.2, -0.15) is 0 Å². The van der Waals surface area contributed by atoms with Crippen molar-refractivity contribution in [2.75, 3.05) is 0 Å². The van der Waals surface area contributed by atoms with Gasteiger partial charge in [-0.15, -0.1) is 0 Å². The maximum atomic E-state index is 14.7. The summed E-state index contributed by atoms with van der Waals surface area (Å²) in [7, 11) is 0. The normalized spacial score (nSPS) is 11.0. The van der Waals surface area contributed by atoms with Crippen LogP contribution in [0, 0.1) is 11.6 Å². The number of halogens is 2. The topological polar surface area (TPSA) is 52.6 Å². The number of ether oxygens (including phenoxy) is 2. The predicted molar refractivity (Wildman–Crippen MR) is 138 cm³/mol. The van der Waals surface area contributed by atoms with Crippen molar-refractivity contribution in [3.05, 3.63) is 119 Å². The third kappa shape index (κ3) is 6.73. The van der Waals surface area contributed by atoms with Crippen LogP contribution in [0.15, 0.2) is 85.0 Å². The summed E-state index contributed by atoms with van der Waals surface area (Å²) in [4.78, 5) is 23.4. The zero-order valence-electron chi connectivity index (χ0n) is 19.9. The smallest absolute Gasteiger partial charge is 0.338 e. The molecule has 0 saturated carbocycles. The van der Waals surface area contributed by atoms with Crippen LogP contribution in [0.5, 0.6) is 11.5 Å². The highest BCUT2D eigenvalue weighted by Gasteiger charge is 2.12. The Kier molecular flexibility index (Phi) is 8.47. The lowest BCUT2D eigenvalue weighted by Crippen LogP contribution is -2.08. The van der Waals surface area contributed by atoms with E-state index >= 15 is 0 Å². The lowest BCUT2D eigenvalue weighted by Gasteiger charge is -2.07. The number of benzene rings is 3. The molecule has 0 radical (unpaired) electrons. The molecule has 182 valence electrons. The van der Waals surface area contributed by atoms with Crippen LogP contribution in [0.25, 0.3) is 24.3 Å². The fourth-order valence-corrected chi connectivity index (χ4v) is 2.94. The number of rotatable bonds is 8. The Hall–Kier alpha value is -4.58. The van der Waals surface area contributed by atoms with E-state index in [0.717, 1.165) is 0 Å². The van der Waals surface area contributed by atoms with E-state index in [-0.39, 0.29) is 28.0 Å². The van der Waals surface area contributed by atoms with Crippen molar-refractivity contribution in [3.63, 3.8) is 0 Å². The highest BCUT2D eigenvalue weighted by Crippen LogP contribution is 2.24. The summed E-state index contributed by atoms with van der Waals surface area (Å²) in [5.41, 5.74) is 1.86. The van der Waals surface area contributed by atoms with Gasteiger partial charge in [0, 0.05) is 27.8 Å². The second kappa shape index (κ2) is 11.7. The first kappa shape index (κ1) is 26.0. The molecule has 3 rings (SSSR count). The van der Waals surface area contributed by atoms with Crippen molar-refractivity contribution >= 4 is 36.2 Å². The standard InChI is InChI=1S/C30H24F2O4/c1-19(2)29(33)35-25-17-10-21(11-18-25)9-12-23-15-16-24(28(32)27(23)31)14-13-22-7-5-6-8-26(22)36-30(34)20(3)4/h5-18H,1,3H2,2,4H3. The molecular weight excluding hydrogens is 462 g/mol. The molecule has 0 unspecified atom stereocenters. The van der Waals surface area contributed by atoms with Crippen molar-refractivity contribution in [2.45, 2.75) is 13.8 Å². The van der Waals surface area contributed by atoms with Crippen molar-refractivity contribution < 1.29 is 27.8 Å². The molecule has 0 atom stereocenters. The van der Waals surface area contributed by atoms with Crippen LogP contribution in [-0.2, 0) is 9.59 Å². The fraction of sp³-hybridized carbons (Fsp3) is 0.0667. The van der Waals surface area contributed by atoms with Crippen molar-refractivity contribution in [1.82, 2.24) is 0 Å². The van der Waals surface area contributed by atoms with E-state index in [1.54, 1.807) is 61.5 Å². The third-order valence-corrected chi connectivity index (χ3v) is 4.95. The van der Waals surface area contributed by atoms with Gasteiger partial charge in [0.05, 0.1) is 0 Å². The summed E-state index contributed by atoms with van der Waals surface area (Å²) in [6, 6.07) is 16.2. The molecule has 0 N–H and O–H groups in total. The molecule has 0 aliphatic heterocycles. The number of esters is 2. The minimum atomic E-state index is -1.01. The Bertz CT molecular complexity index is 1380. The van der Waals surface area contributed by atoms with Gasteiger partial charge in [-0.3, -0.25) is 0 Å². The molecule has 0 aliphatic rings. The summed E-state index contributed by atoms with van der Waals surface area (Å²) < 4.78 is 39.9. The number of hydrogen-bond donors (Lipinski definition) is 0. The number of carbonyl (C=O) groups is 2. The maximum Gasteiger partial charge on any atom is 0.338 e. The minimum absolute atomic E-state index is 0.0364. The van der Waals surface area contributed by atoms with Crippen LogP contribution in [0.3, 0.4) is 0 Å². The molecule has 0 saturated heterocycles. The number of hydrogen-bond acceptors (Lipinski definition) is 4. The van der Waals surface area contributed by atoms with Crippen molar-refractivity contribution in [2.24, 2.45) is 0 Å². The molecule has 4 nitrogen and oxygen atoms in total. The van der Waals surface area contributed by atoms with E-state index in [4.69, 9.17) is 9.47 Å². The van der Waals surface area contributed by atoms with Crippen LogP contribution < -0.4 is 9.47 Å². The summed E-state index contributed by atoms with van der Waals surface area (Å²) in [5, 5.41) is 0. The fourth-order valence-electron chi connectivity index (χ4n) is 2.94. The van der Waals surface area contributed by atoms with E-state index in [2.05, 4.69) is 13.2 Å². The average molecular weight is 487 g/mol. The van der Waals surface area contributed by atoms with E-state index < -0.39 is 23.6 Å². The molecule has 0 spiro atoms. The summed E-state index contributed by atoms with van der Waals surface area (Å²) in [6.45, 7) is 10.2. The molecule has 0 aromatic heterocycles. The first-order chi connectivity index (χ1) is 17.2. The molecule has 0 aliphatic carbocycles. The van der Waals surface area contributed by atoms with E-state index in [1.807, 2.05) is 0 Å². The van der Waals surface area contributed by atoms with Crippen molar-refractivity contribution in [1.29, 1.82) is 0 Å². The SMILES string of the molecule is C=C(C)C(=O)Oc1ccc(C=Cc2ccc(C=Cc3ccccc3OC(=O)C(=C)C)c(F)c2F)cc1. The zero-order chi connectivity index (χ0) is 26.2. The summed E-state index contributed by atoms with van der Waals surface area (Å²) >= 11 is 0. The van der Waals surface area contributed by atoms with Crippen LogP contribution >= 0.6 is 0 Å². The van der Waals surface area contributed by atoms with Gasteiger partial charge in [0.25, 0.3) is 0 Å². The molecule has 36 heavy (non-hydrogen) atoms. The van der Waals surface area contributed by atoms with Gasteiger partial charge >= 0.3 is 11.9 Å². The molecule has 0 amide bonds. The summed E-state index contributed by atoms with van der Waals surface area (Å²) in [5.74, 6) is -2.48. The average Bonchev–Trinajstić information content (AvgIpc) is 2.85. The molecule has 3 aromatic rings. The molecule has 0 fully saturated rings. The Morgan fingerprint density at radius 3 is 1.75 bits per heavy atom. The second-order valence-electron chi connectivity index (χ2n) is 7.99. The van der Waals surface area contributed by atoms with Gasteiger partial charge in [-0.05, 0) is 37.6 Å². The lowest BCUT2D eigenvalue weighted by atomic mass is 10.1. The van der Waals surface area contributed by atoms with Gasteiger partial charge in [-0.25, -0.2) is 18.4 Å². The molecular formula is C30H24F2O4. The van der Waals surface area contributed by atoms with Gasteiger partial charge in [0.1, 0.15) is 11.5 Å². The summed E-state index contributed by atoms with van der Waals surface area (Å²) in [6.07, 6.45) is 6.01. The van der Waals surface area contributed by atoms with Crippen LogP contribution in [0.1, 0.15) is 36.1 Å².